The lowest BCUT2D eigenvalue weighted by atomic mass is 10.1. The second-order valence-electron chi connectivity index (χ2n) is 3.31. The smallest absolute Gasteiger partial charge is 0.0294 e. The monoisotopic (exact) mass is 145 g/mol. The fourth-order valence-electron chi connectivity index (χ4n) is 1.02. The van der Waals surface area contributed by atoms with E-state index < -0.39 is 0 Å². The molecule has 1 aliphatic carbocycles. The van der Waals surface area contributed by atoms with Crippen LogP contribution in [0.2, 0.25) is 0 Å². The maximum absolute atomic E-state index is 3.28. The number of hydrogen-bond donors (Lipinski definition) is 1. The minimum absolute atomic E-state index is 0.293. The van der Waals surface area contributed by atoms with Crippen LogP contribution in [0.5, 0.6) is 0 Å². The topological polar surface area (TPSA) is 12.0 Å². The summed E-state index contributed by atoms with van der Waals surface area (Å²) >= 11 is 0. The molecule has 2 atom stereocenters. The van der Waals surface area contributed by atoms with Crippen molar-refractivity contribution < 1.29 is 0 Å². The third-order valence-electron chi connectivity index (χ3n) is 1.98. The third-order valence-corrected chi connectivity index (χ3v) is 2.51. The Balaban J connectivity index is 2.21. The fourth-order valence-corrected chi connectivity index (χ4v) is 1.36. The van der Waals surface area contributed by atoms with Gasteiger partial charge in [-0.15, -0.1) is 9.24 Å². The number of hydrogen-bond acceptors (Lipinski definition) is 1. The quantitative estimate of drug-likeness (QED) is 0.595. The minimum Gasteiger partial charge on any atom is -0.311 e. The summed E-state index contributed by atoms with van der Waals surface area (Å²) in [5.41, 5.74) is 0. The molecule has 1 nitrogen and oxygen atoms in total. The van der Waals surface area contributed by atoms with E-state index in [4.69, 9.17) is 0 Å². The second kappa shape index (κ2) is 2.56. The summed E-state index contributed by atoms with van der Waals surface area (Å²) in [5, 5.41) is 3.57. The van der Waals surface area contributed by atoms with Crippen LogP contribution in [-0.2, 0) is 0 Å². The number of rotatable bonds is 3. The highest BCUT2D eigenvalue weighted by atomic mass is 31.0. The van der Waals surface area contributed by atoms with E-state index in [2.05, 4.69) is 21.5 Å². The van der Waals surface area contributed by atoms with E-state index >= 15 is 0 Å². The van der Waals surface area contributed by atoms with Gasteiger partial charge < -0.3 is 5.32 Å². The molecule has 9 heavy (non-hydrogen) atoms. The molecule has 1 saturated carbocycles. The van der Waals surface area contributed by atoms with Gasteiger partial charge in [-0.2, -0.15) is 0 Å². The molecule has 0 spiro atoms. The molecule has 54 valence electrons. The summed E-state index contributed by atoms with van der Waals surface area (Å²) in [7, 11) is 4.89. The zero-order chi connectivity index (χ0) is 6.91. The predicted molar refractivity (Wildman–Crippen MR) is 44.5 cm³/mol. The Labute approximate surface area is 59.8 Å². The lowest BCUT2D eigenvalue weighted by Crippen LogP contribution is -2.32. The van der Waals surface area contributed by atoms with E-state index in [-0.39, 0.29) is 0 Å². The van der Waals surface area contributed by atoms with Crippen molar-refractivity contribution in [3.05, 3.63) is 0 Å². The van der Waals surface area contributed by atoms with Gasteiger partial charge in [-0.1, -0.05) is 12.8 Å². The SMILES string of the molecule is CNC(C)(P)CC1CC1. The molecule has 1 fully saturated rings. The van der Waals surface area contributed by atoms with Gasteiger partial charge in [-0.3, -0.25) is 0 Å². The van der Waals surface area contributed by atoms with Gasteiger partial charge in [-0.25, -0.2) is 0 Å². The van der Waals surface area contributed by atoms with Crippen molar-refractivity contribution in [1.29, 1.82) is 0 Å². The molecule has 0 aliphatic heterocycles. The first kappa shape index (κ1) is 7.50. The number of nitrogens with one attached hydrogen (secondary N) is 1. The highest BCUT2D eigenvalue weighted by Gasteiger charge is 2.28. The van der Waals surface area contributed by atoms with Crippen LogP contribution < -0.4 is 5.32 Å². The molecule has 0 bridgehead atoms. The van der Waals surface area contributed by atoms with Crippen LogP contribution in [0, 0.1) is 5.92 Å². The van der Waals surface area contributed by atoms with Crippen molar-refractivity contribution >= 4 is 9.24 Å². The van der Waals surface area contributed by atoms with Gasteiger partial charge in [-0.05, 0) is 26.3 Å². The lowest BCUT2D eigenvalue weighted by Gasteiger charge is -2.23. The molecule has 0 heterocycles. The van der Waals surface area contributed by atoms with Gasteiger partial charge in [0.1, 0.15) is 0 Å². The summed E-state index contributed by atoms with van der Waals surface area (Å²) < 4.78 is 0. The maximum atomic E-state index is 3.28. The summed E-state index contributed by atoms with van der Waals surface area (Å²) in [4.78, 5) is 0. The van der Waals surface area contributed by atoms with Gasteiger partial charge in [0.25, 0.3) is 0 Å². The molecule has 1 rings (SSSR count). The minimum atomic E-state index is 0.293. The molecule has 0 saturated heterocycles. The van der Waals surface area contributed by atoms with Crippen LogP contribution >= 0.6 is 9.24 Å². The highest BCUT2D eigenvalue weighted by Crippen LogP contribution is 2.38. The first-order valence-corrected chi connectivity index (χ1v) is 4.19. The average Bonchev–Trinajstić information content (AvgIpc) is 2.50. The van der Waals surface area contributed by atoms with Crippen LogP contribution in [0.25, 0.3) is 0 Å². The molecule has 2 unspecified atom stereocenters. The molecule has 0 amide bonds. The molecule has 0 radical (unpaired) electrons. The Morgan fingerprint density at radius 2 is 2.22 bits per heavy atom. The molecule has 1 N–H and O–H groups in total. The first-order chi connectivity index (χ1) is 4.14. The Morgan fingerprint density at radius 1 is 1.67 bits per heavy atom. The second-order valence-corrected chi connectivity index (χ2v) is 4.59. The van der Waals surface area contributed by atoms with Crippen LogP contribution in [0.4, 0.5) is 0 Å². The summed E-state index contributed by atoms with van der Waals surface area (Å²) in [5.74, 6) is 1.01. The van der Waals surface area contributed by atoms with E-state index in [0.29, 0.717) is 5.28 Å². The van der Waals surface area contributed by atoms with Crippen LogP contribution in [0.15, 0.2) is 0 Å². The van der Waals surface area contributed by atoms with E-state index in [1.807, 2.05) is 7.05 Å². The maximum Gasteiger partial charge on any atom is 0.0294 e. The largest absolute Gasteiger partial charge is 0.311 e. The molecule has 0 aromatic carbocycles. The van der Waals surface area contributed by atoms with Crippen LogP contribution in [0.1, 0.15) is 26.2 Å². The van der Waals surface area contributed by atoms with Crippen molar-refractivity contribution in [2.75, 3.05) is 7.05 Å². The molecular formula is C7H16NP. The predicted octanol–water partition coefficient (Wildman–Crippen LogP) is 1.60. The Bertz CT molecular complexity index is 97.1. The lowest BCUT2D eigenvalue weighted by molar-refractivity contribution is 0.482. The molecule has 2 heteroatoms. The molecular weight excluding hydrogens is 129 g/mol. The molecule has 0 aromatic rings. The van der Waals surface area contributed by atoms with Crippen LogP contribution in [0.3, 0.4) is 0 Å². The zero-order valence-electron chi connectivity index (χ0n) is 6.28. The highest BCUT2D eigenvalue weighted by molar-refractivity contribution is 7.18. The summed E-state index contributed by atoms with van der Waals surface area (Å²) in [6.45, 7) is 2.23. The Kier molecular flexibility index (Phi) is 2.13. The van der Waals surface area contributed by atoms with E-state index in [0.717, 1.165) is 5.92 Å². The van der Waals surface area contributed by atoms with Crippen molar-refractivity contribution in [1.82, 2.24) is 5.32 Å². The fraction of sp³-hybridized carbons (Fsp3) is 1.00. The van der Waals surface area contributed by atoms with Gasteiger partial charge in [0.2, 0.25) is 0 Å². The average molecular weight is 145 g/mol. The van der Waals surface area contributed by atoms with Gasteiger partial charge in [0, 0.05) is 5.28 Å². The standard InChI is InChI=1S/C7H16NP/c1-7(9,8-2)5-6-3-4-6/h6,8H,3-5,9H2,1-2H3. The van der Waals surface area contributed by atoms with Crippen LogP contribution in [-0.4, -0.2) is 12.3 Å². The summed E-state index contributed by atoms with van der Waals surface area (Å²) in [6.07, 6.45) is 4.21. The van der Waals surface area contributed by atoms with Crippen molar-refractivity contribution in [3.63, 3.8) is 0 Å². The van der Waals surface area contributed by atoms with E-state index in [9.17, 15) is 0 Å². The van der Waals surface area contributed by atoms with Gasteiger partial charge in [0.05, 0.1) is 0 Å². The molecule has 0 aromatic heterocycles. The third kappa shape index (κ3) is 2.64. The van der Waals surface area contributed by atoms with Crippen molar-refractivity contribution in [3.8, 4) is 0 Å². The zero-order valence-corrected chi connectivity index (χ0v) is 7.43. The van der Waals surface area contributed by atoms with Gasteiger partial charge >= 0.3 is 0 Å². The summed E-state index contributed by atoms with van der Waals surface area (Å²) in [6, 6.07) is 0. The normalized spacial score (nSPS) is 25.7. The van der Waals surface area contributed by atoms with Crippen molar-refractivity contribution in [2.24, 2.45) is 5.92 Å². The molecule has 1 aliphatic rings. The Hall–Kier alpha value is 0.390. The van der Waals surface area contributed by atoms with E-state index in [1.165, 1.54) is 19.3 Å². The first-order valence-electron chi connectivity index (χ1n) is 3.62. The Morgan fingerprint density at radius 3 is 2.56 bits per heavy atom. The van der Waals surface area contributed by atoms with Crippen molar-refractivity contribution in [2.45, 2.75) is 31.5 Å². The van der Waals surface area contributed by atoms with Gasteiger partial charge in [0.15, 0.2) is 0 Å². The van der Waals surface area contributed by atoms with E-state index in [1.54, 1.807) is 0 Å².